The molecule has 0 amide bonds. The number of ether oxygens (including phenoxy) is 1. The lowest BCUT2D eigenvalue weighted by Gasteiger charge is -2.11. The second-order valence-electron chi connectivity index (χ2n) is 3.96. The summed E-state index contributed by atoms with van der Waals surface area (Å²) in [4.78, 5) is 0. The maximum atomic E-state index is 13.2. The summed E-state index contributed by atoms with van der Waals surface area (Å²) >= 11 is 11.8. The van der Waals surface area contributed by atoms with Crippen LogP contribution in [-0.4, -0.2) is 7.05 Å². The van der Waals surface area contributed by atoms with E-state index in [1.165, 1.54) is 12.1 Å². The molecule has 0 spiro atoms. The lowest BCUT2D eigenvalue weighted by Crippen LogP contribution is -2.06. The third-order valence-electron chi connectivity index (χ3n) is 2.51. The van der Waals surface area contributed by atoms with Crippen molar-refractivity contribution in [1.29, 1.82) is 0 Å². The average Bonchev–Trinajstić information content (AvgIpc) is 2.37. The van der Waals surface area contributed by atoms with Gasteiger partial charge in [0.2, 0.25) is 0 Å². The molecule has 0 aromatic heterocycles. The van der Waals surface area contributed by atoms with E-state index in [1.807, 2.05) is 0 Å². The van der Waals surface area contributed by atoms with Gasteiger partial charge in [-0.3, -0.25) is 0 Å². The summed E-state index contributed by atoms with van der Waals surface area (Å²) in [5.41, 5.74) is 0.730. The van der Waals surface area contributed by atoms with Crippen LogP contribution in [0.1, 0.15) is 5.56 Å². The van der Waals surface area contributed by atoms with E-state index in [0.717, 1.165) is 5.56 Å². The third kappa shape index (κ3) is 4.25. The number of rotatable bonds is 4. The van der Waals surface area contributed by atoms with Crippen LogP contribution >= 0.6 is 35.6 Å². The minimum atomic E-state index is -0.299. The van der Waals surface area contributed by atoms with Gasteiger partial charge in [0, 0.05) is 18.2 Å². The number of halogens is 4. The number of hydrogen-bond acceptors (Lipinski definition) is 2. The van der Waals surface area contributed by atoms with Gasteiger partial charge in [-0.15, -0.1) is 12.4 Å². The van der Waals surface area contributed by atoms with Gasteiger partial charge >= 0.3 is 0 Å². The first-order valence-electron chi connectivity index (χ1n) is 5.66. The summed E-state index contributed by atoms with van der Waals surface area (Å²) in [5.74, 6) is 0.833. The van der Waals surface area contributed by atoms with Crippen LogP contribution in [0.5, 0.6) is 11.5 Å². The minimum absolute atomic E-state index is 0. The highest BCUT2D eigenvalue weighted by Crippen LogP contribution is 2.31. The van der Waals surface area contributed by atoms with E-state index in [4.69, 9.17) is 27.9 Å². The summed E-state index contributed by atoms with van der Waals surface area (Å²) in [6, 6.07) is 9.36. The molecule has 0 saturated carbocycles. The van der Waals surface area contributed by atoms with Crippen LogP contribution in [-0.2, 0) is 6.54 Å². The van der Waals surface area contributed by atoms with E-state index in [1.54, 1.807) is 31.3 Å². The van der Waals surface area contributed by atoms with E-state index in [0.29, 0.717) is 28.1 Å². The molecule has 2 aromatic rings. The van der Waals surface area contributed by atoms with E-state index in [-0.39, 0.29) is 18.2 Å². The Labute approximate surface area is 133 Å². The van der Waals surface area contributed by atoms with Crippen LogP contribution in [0.2, 0.25) is 10.0 Å². The molecule has 0 atom stereocenters. The molecule has 0 heterocycles. The number of hydrogen-bond donors (Lipinski definition) is 1. The third-order valence-corrected chi connectivity index (χ3v) is 3.25. The van der Waals surface area contributed by atoms with Crippen molar-refractivity contribution < 1.29 is 9.13 Å². The normalized spacial score (nSPS) is 10.0. The van der Waals surface area contributed by atoms with Crippen molar-refractivity contribution in [3.63, 3.8) is 0 Å². The van der Waals surface area contributed by atoms with Gasteiger partial charge in [0.25, 0.3) is 0 Å². The standard InChI is InChI=1S/C14H12Cl2FNO.ClH/c1-18-8-9-6-10(17)2-5-14(9)19-11-3-4-12(15)13(16)7-11;/h2-7,18H,8H2,1H3;1H. The molecule has 2 rings (SSSR count). The van der Waals surface area contributed by atoms with Gasteiger partial charge in [-0.05, 0) is 37.4 Å². The first kappa shape index (κ1) is 17.1. The molecule has 108 valence electrons. The first-order chi connectivity index (χ1) is 9.10. The topological polar surface area (TPSA) is 21.3 Å². The second kappa shape index (κ2) is 7.70. The van der Waals surface area contributed by atoms with Crippen molar-refractivity contribution in [3.05, 3.63) is 57.8 Å². The largest absolute Gasteiger partial charge is 0.457 e. The molecular formula is C14H13Cl3FNO. The van der Waals surface area contributed by atoms with Crippen LogP contribution in [0, 0.1) is 5.82 Å². The Bertz CT molecular complexity index is 593. The predicted octanol–water partition coefficient (Wildman–Crippen LogP) is 5.07. The van der Waals surface area contributed by atoms with E-state index in [9.17, 15) is 4.39 Å². The van der Waals surface area contributed by atoms with Crippen molar-refractivity contribution in [2.24, 2.45) is 0 Å². The zero-order chi connectivity index (χ0) is 13.8. The molecule has 0 unspecified atom stereocenters. The van der Waals surface area contributed by atoms with Gasteiger partial charge < -0.3 is 10.1 Å². The van der Waals surface area contributed by atoms with Crippen LogP contribution in [0.4, 0.5) is 4.39 Å². The quantitative estimate of drug-likeness (QED) is 0.842. The van der Waals surface area contributed by atoms with Crippen molar-refractivity contribution >= 4 is 35.6 Å². The van der Waals surface area contributed by atoms with Gasteiger partial charge in [-0.25, -0.2) is 4.39 Å². The molecule has 0 aliphatic heterocycles. The van der Waals surface area contributed by atoms with Crippen molar-refractivity contribution in [2.45, 2.75) is 6.54 Å². The smallest absolute Gasteiger partial charge is 0.132 e. The highest BCUT2D eigenvalue weighted by molar-refractivity contribution is 6.42. The van der Waals surface area contributed by atoms with Gasteiger partial charge in [0.15, 0.2) is 0 Å². The molecule has 6 heteroatoms. The monoisotopic (exact) mass is 335 g/mol. The molecule has 0 bridgehead atoms. The summed E-state index contributed by atoms with van der Waals surface area (Å²) in [7, 11) is 1.79. The Kier molecular flexibility index (Phi) is 6.56. The van der Waals surface area contributed by atoms with Crippen LogP contribution in [0.3, 0.4) is 0 Å². The average molecular weight is 337 g/mol. The van der Waals surface area contributed by atoms with Gasteiger partial charge in [0.05, 0.1) is 10.0 Å². The Morgan fingerprint density at radius 1 is 1.10 bits per heavy atom. The Hall–Kier alpha value is -1.000. The summed E-state index contributed by atoms with van der Waals surface area (Å²) in [5, 5.41) is 3.84. The van der Waals surface area contributed by atoms with Gasteiger partial charge in [0.1, 0.15) is 17.3 Å². The maximum absolute atomic E-state index is 13.2. The molecule has 20 heavy (non-hydrogen) atoms. The van der Waals surface area contributed by atoms with Crippen LogP contribution < -0.4 is 10.1 Å². The van der Waals surface area contributed by atoms with E-state index < -0.39 is 0 Å². The zero-order valence-electron chi connectivity index (χ0n) is 10.6. The fourth-order valence-corrected chi connectivity index (χ4v) is 1.93. The van der Waals surface area contributed by atoms with Crippen LogP contribution in [0.15, 0.2) is 36.4 Å². The molecule has 0 fully saturated rings. The molecule has 0 aliphatic rings. The van der Waals surface area contributed by atoms with Crippen LogP contribution in [0.25, 0.3) is 0 Å². The van der Waals surface area contributed by atoms with E-state index in [2.05, 4.69) is 5.32 Å². The Morgan fingerprint density at radius 2 is 1.85 bits per heavy atom. The molecule has 2 nitrogen and oxygen atoms in total. The fraction of sp³-hybridized carbons (Fsp3) is 0.143. The molecular weight excluding hydrogens is 324 g/mol. The lowest BCUT2D eigenvalue weighted by molar-refractivity contribution is 0.471. The number of benzene rings is 2. The summed E-state index contributed by atoms with van der Waals surface area (Å²) in [6.45, 7) is 0.508. The zero-order valence-corrected chi connectivity index (χ0v) is 12.9. The number of nitrogens with one attached hydrogen (secondary N) is 1. The summed E-state index contributed by atoms with van der Waals surface area (Å²) < 4.78 is 18.9. The molecule has 1 N–H and O–H groups in total. The van der Waals surface area contributed by atoms with Crippen molar-refractivity contribution in [3.8, 4) is 11.5 Å². The molecule has 2 aromatic carbocycles. The molecule has 0 saturated heterocycles. The Balaban J connectivity index is 0.00000200. The van der Waals surface area contributed by atoms with Crippen molar-refractivity contribution in [1.82, 2.24) is 5.32 Å². The van der Waals surface area contributed by atoms with E-state index >= 15 is 0 Å². The maximum Gasteiger partial charge on any atom is 0.132 e. The lowest BCUT2D eigenvalue weighted by atomic mass is 10.2. The highest BCUT2D eigenvalue weighted by Gasteiger charge is 2.07. The summed E-state index contributed by atoms with van der Waals surface area (Å²) in [6.07, 6.45) is 0. The molecule has 0 aliphatic carbocycles. The van der Waals surface area contributed by atoms with Crippen molar-refractivity contribution in [2.75, 3.05) is 7.05 Å². The van der Waals surface area contributed by atoms with Gasteiger partial charge in [-0.2, -0.15) is 0 Å². The minimum Gasteiger partial charge on any atom is -0.457 e. The fourth-order valence-electron chi connectivity index (χ4n) is 1.64. The van der Waals surface area contributed by atoms with Gasteiger partial charge in [-0.1, -0.05) is 23.2 Å². The molecule has 0 radical (unpaired) electrons. The predicted molar refractivity (Wildman–Crippen MR) is 82.9 cm³/mol. The Morgan fingerprint density at radius 3 is 2.50 bits per heavy atom. The first-order valence-corrected chi connectivity index (χ1v) is 6.41. The second-order valence-corrected chi connectivity index (χ2v) is 4.77. The highest BCUT2D eigenvalue weighted by atomic mass is 35.5. The SMILES string of the molecule is CNCc1cc(F)ccc1Oc1ccc(Cl)c(Cl)c1.Cl.